The van der Waals surface area contributed by atoms with E-state index in [1.54, 1.807) is 13.4 Å². The van der Waals surface area contributed by atoms with Gasteiger partial charge in [0.1, 0.15) is 11.4 Å². The molecule has 1 aliphatic rings. The third-order valence-electron chi connectivity index (χ3n) is 5.90. The van der Waals surface area contributed by atoms with Gasteiger partial charge in [0.25, 0.3) is 0 Å². The summed E-state index contributed by atoms with van der Waals surface area (Å²) in [7, 11) is 1.69. The van der Waals surface area contributed by atoms with Crippen LogP contribution in [0.4, 0.5) is 0 Å². The highest BCUT2D eigenvalue weighted by molar-refractivity contribution is 5.65. The minimum Gasteiger partial charge on any atom is -0.497 e. The van der Waals surface area contributed by atoms with E-state index in [1.807, 2.05) is 30.5 Å². The minimum atomic E-state index is 0.103. The molecule has 4 aromatic rings. The van der Waals surface area contributed by atoms with Crippen molar-refractivity contribution in [2.45, 2.75) is 6.04 Å². The van der Waals surface area contributed by atoms with Crippen molar-refractivity contribution < 1.29 is 9.15 Å². The van der Waals surface area contributed by atoms with Gasteiger partial charge in [-0.3, -0.25) is 10.00 Å². The molecule has 1 fully saturated rings. The van der Waals surface area contributed by atoms with Crippen LogP contribution in [0.25, 0.3) is 22.6 Å². The fraction of sp³-hybridized carbons (Fsp3) is 0.240. The van der Waals surface area contributed by atoms with Crippen LogP contribution in [0, 0.1) is 0 Å². The molecule has 0 bridgehead atoms. The standard InChI is InChI=1S/C25H26N4O2/c1-30-21-10-8-19(9-11-21)18-4-6-20(7-5-18)25(29-14-12-26-13-15-29)22-17-27-28-24(22)23-3-2-16-31-23/h2-11,16-17,25-26H,12-15H2,1H3,(H,27,28). The summed E-state index contributed by atoms with van der Waals surface area (Å²) in [5.74, 6) is 1.67. The van der Waals surface area contributed by atoms with Crippen molar-refractivity contribution in [3.05, 3.63) is 84.3 Å². The summed E-state index contributed by atoms with van der Waals surface area (Å²) in [6.45, 7) is 3.92. The molecule has 0 saturated carbocycles. The lowest BCUT2D eigenvalue weighted by molar-refractivity contribution is 0.198. The predicted molar refractivity (Wildman–Crippen MR) is 121 cm³/mol. The molecule has 2 N–H and O–H groups in total. The molecule has 6 nitrogen and oxygen atoms in total. The predicted octanol–water partition coefficient (Wildman–Crippen LogP) is 4.34. The van der Waals surface area contributed by atoms with E-state index in [0.717, 1.165) is 48.9 Å². The van der Waals surface area contributed by atoms with Crippen molar-refractivity contribution in [3.8, 4) is 28.3 Å². The maximum atomic E-state index is 5.68. The van der Waals surface area contributed by atoms with E-state index >= 15 is 0 Å². The number of rotatable bonds is 6. The van der Waals surface area contributed by atoms with E-state index in [1.165, 1.54) is 16.7 Å². The van der Waals surface area contributed by atoms with Gasteiger partial charge in [0, 0.05) is 31.7 Å². The zero-order valence-corrected chi connectivity index (χ0v) is 17.5. The van der Waals surface area contributed by atoms with Crippen LogP contribution in [0.2, 0.25) is 0 Å². The smallest absolute Gasteiger partial charge is 0.151 e. The number of hydrogen-bond acceptors (Lipinski definition) is 5. The molecule has 0 spiro atoms. The van der Waals surface area contributed by atoms with Gasteiger partial charge in [-0.25, -0.2) is 0 Å². The monoisotopic (exact) mass is 414 g/mol. The number of aromatic nitrogens is 2. The first kappa shape index (κ1) is 19.6. The first-order chi connectivity index (χ1) is 15.3. The van der Waals surface area contributed by atoms with Gasteiger partial charge < -0.3 is 14.5 Å². The Labute approximate surface area is 181 Å². The van der Waals surface area contributed by atoms with E-state index in [2.05, 4.69) is 56.8 Å². The largest absolute Gasteiger partial charge is 0.497 e. The number of nitrogens with zero attached hydrogens (tertiary/aromatic N) is 2. The molecule has 3 heterocycles. The van der Waals surface area contributed by atoms with Gasteiger partial charge in [-0.05, 0) is 41.0 Å². The molecule has 2 aromatic heterocycles. The Morgan fingerprint density at radius 2 is 1.68 bits per heavy atom. The van der Waals surface area contributed by atoms with Crippen LogP contribution in [0.15, 0.2) is 77.5 Å². The second-order valence-corrected chi connectivity index (χ2v) is 7.72. The van der Waals surface area contributed by atoms with E-state index in [-0.39, 0.29) is 6.04 Å². The Hall–Kier alpha value is -3.35. The summed E-state index contributed by atoms with van der Waals surface area (Å²) in [6.07, 6.45) is 3.63. The van der Waals surface area contributed by atoms with E-state index < -0.39 is 0 Å². The number of ether oxygens (including phenoxy) is 1. The number of aromatic amines is 1. The lowest BCUT2D eigenvalue weighted by atomic mass is 9.94. The fourth-order valence-electron chi connectivity index (χ4n) is 4.29. The summed E-state index contributed by atoms with van der Waals surface area (Å²) >= 11 is 0. The van der Waals surface area contributed by atoms with Gasteiger partial charge in [-0.1, -0.05) is 36.4 Å². The van der Waals surface area contributed by atoms with Crippen LogP contribution in [0.5, 0.6) is 5.75 Å². The SMILES string of the molecule is COc1ccc(-c2ccc(C(c3cn[nH]c3-c3ccco3)N3CCNCC3)cc2)cc1. The first-order valence-corrected chi connectivity index (χ1v) is 10.6. The third kappa shape index (κ3) is 4.00. The van der Waals surface area contributed by atoms with Gasteiger partial charge in [-0.2, -0.15) is 5.10 Å². The molecule has 5 rings (SSSR count). The van der Waals surface area contributed by atoms with Gasteiger partial charge >= 0.3 is 0 Å². The van der Waals surface area contributed by atoms with E-state index in [9.17, 15) is 0 Å². The molecule has 31 heavy (non-hydrogen) atoms. The summed E-state index contributed by atoms with van der Waals surface area (Å²) in [4.78, 5) is 2.51. The molecule has 0 radical (unpaired) electrons. The lowest BCUT2D eigenvalue weighted by Crippen LogP contribution is -2.45. The third-order valence-corrected chi connectivity index (χ3v) is 5.90. The molecular weight excluding hydrogens is 388 g/mol. The Bertz CT molecular complexity index is 1100. The van der Waals surface area contributed by atoms with Crippen molar-refractivity contribution in [3.63, 3.8) is 0 Å². The number of piperazine rings is 1. The Kier molecular flexibility index (Phi) is 5.56. The van der Waals surface area contributed by atoms with Gasteiger partial charge in [0.2, 0.25) is 0 Å². The molecule has 1 aliphatic heterocycles. The van der Waals surface area contributed by atoms with Gasteiger partial charge in [0.05, 0.1) is 25.6 Å². The van der Waals surface area contributed by atoms with Crippen molar-refractivity contribution in [2.75, 3.05) is 33.3 Å². The summed E-state index contributed by atoms with van der Waals surface area (Å²) in [6, 6.07) is 21.0. The molecule has 1 unspecified atom stereocenters. The number of benzene rings is 2. The zero-order valence-electron chi connectivity index (χ0n) is 17.5. The molecular formula is C25H26N4O2. The lowest BCUT2D eigenvalue weighted by Gasteiger charge is -2.35. The minimum absolute atomic E-state index is 0.103. The Morgan fingerprint density at radius 1 is 0.968 bits per heavy atom. The average molecular weight is 415 g/mol. The average Bonchev–Trinajstić information content (AvgIpc) is 3.53. The molecule has 1 saturated heterocycles. The van der Waals surface area contributed by atoms with Crippen LogP contribution in [-0.4, -0.2) is 48.4 Å². The highest BCUT2D eigenvalue weighted by Gasteiger charge is 2.28. The number of nitrogens with one attached hydrogen (secondary N) is 2. The number of H-pyrrole nitrogens is 1. The second kappa shape index (κ2) is 8.79. The van der Waals surface area contributed by atoms with Crippen LogP contribution < -0.4 is 10.1 Å². The number of methoxy groups -OCH3 is 1. The van der Waals surface area contributed by atoms with Crippen LogP contribution in [0.1, 0.15) is 17.2 Å². The highest BCUT2D eigenvalue weighted by Crippen LogP contribution is 2.36. The summed E-state index contributed by atoms with van der Waals surface area (Å²) in [5.41, 5.74) is 5.67. The van der Waals surface area contributed by atoms with Crippen molar-refractivity contribution in [2.24, 2.45) is 0 Å². The molecule has 2 aromatic carbocycles. The molecule has 1 atom stereocenters. The second-order valence-electron chi connectivity index (χ2n) is 7.72. The fourth-order valence-corrected chi connectivity index (χ4v) is 4.29. The van der Waals surface area contributed by atoms with Crippen LogP contribution in [-0.2, 0) is 0 Å². The quantitative estimate of drug-likeness (QED) is 0.491. The normalized spacial score (nSPS) is 15.6. The van der Waals surface area contributed by atoms with E-state index in [4.69, 9.17) is 9.15 Å². The van der Waals surface area contributed by atoms with Crippen LogP contribution in [0.3, 0.4) is 0 Å². The Morgan fingerprint density at radius 3 is 2.32 bits per heavy atom. The summed E-state index contributed by atoms with van der Waals surface area (Å²) < 4.78 is 11.0. The molecule has 158 valence electrons. The van der Waals surface area contributed by atoms with Crippen molar-refractivity contribution in [1.82, 2.24) is 20.4 Å². The maximum Gasteiger partial charge on any atom is 0.151 e. The molecule has 6 heteroatoms. The first-order valence-electron chi connectivity index (χ1n) is 10.6. The summed E-state index contributed by atoms with van der Waals surface area (Å²) in [5, 5.41) is 11.0. The van der Waals surface area contributed by atoms with Crippen LogP contribution >= 0.6 is 0 Å². The molecule has 0 amide bonds. The zero-order chi connectivity index (χ0) is 21.0. The highest BCUT2D eigenvalue weighted by atomic mass is 16.5. The number of hydrogen-bond donors (Lipinski definition) is 2. The van der Waals surface area contributed by atoms with Crippen molar-refractivity contribution in [1.29, 1.82) is 0 Å². The topological polar surface area (TPSA) is 66.3 Å². The van der Waals surface area contributed by atoms with Gasteiger partial charge in [0.15, 0.2) is 5.76 Å². The number of furan rings is 1. The maximum absolute atomic E-state index is 5.68. The van der Waals surface area contributed by atoms with Crippen molar-refractivity contribution >= 4 is 0 Å². The Balaban J connectivity index is 1.51. The van der Waals surface area contributed by atoms with Gasteiger partial charge in [-0.15, -0.1) is 0 Å². The molecule has 0 aliphatic carbocycles. The van der Waals surface area contributed by atoms with E-state index in [0.29, 0.717) is 0 Å².